The Morgan fingerprint density at radius 2 is 1.09 bits per heavy atom. The standard InChI is InChI=1S/C32H26N2/c1-32(2,3)24-13-9-11-22(19-24)21-10-8-12-23(18-21)31-33-20-29-27-16-5-4-14-25(27)26-15-6-7-17-28(26)30(29)34-31/h4-20H,1-3H3. The fourth-order valence-electron chi connectivity index (χ4n) is 4.80. The minimum Gasteiger partial charge on any atom is -0.236 e. The zero-order chi connectivity index (χ0) is 23.3. The molecule has 34 heavy (non-hydrogen) atoms. The number of rotatable bonds is 2. The van der Waals surface area contributed by atoms with E-state index >= 15 is 0 Å². The van der Waals surface area contributed by atoms with Crippen molar-refractivity contribution in [2.75, 3.05) is 0 Å². The van der Waals surface area contributed by atoms with Gasteiger partial charge in [0.1, 0.15) is 0 Å². The molecule has 6 rings (SSSR count). The van der Waals surface area contributed by atoms with E-state index in [4.69, 9.17) is 9.97 Å². The zero-order valence-electron chi connectivity index (χ0n) is 19.7. The first-order chi connectivity index (χ1) is 16.5. The van der Waals surface area contributed by atoms with Gasteiger partial charge in [0, 0.05) is 22.5 Å². The molecule has 6 aromatic rings. The van der Waals surface area contributed by atoms with E-state index in [1.165, 1.54) is 32.8 Å². The highest BCUT2D eigenvalue weighted by Crippen LogP contribution is 2.35. The minimum atomic E-state index is 0.110. The summed E-state index contributed by atoms with van der Waals surface area (Å²) in [6, 6.07) is 34.4. The molecule has 0 fully saturated rings. The van der Waals surface area contributed by atoms with Crippen molar-refractivity contribution in [2.45, 2.75) is 26.2 Å². The summed E-state index contributed by atoms with van der Waals surface area (Å²) < 4.78 is 0. The average molecular weight is 439 g/mol. The predicted molar refractivity (Wildman–Crippen MR) is 144 cm³/mol. The van der Waals surface area contributed by atoms with Crippen LogP contribution in [0.15, 0.2) is 103 Å². The summed E-state index contributed by atoms with van der Waals surface area (Å²) in [5, 5.41) is 5.90. The Labute approximate surface area is 199 Å². The van der Waals surface area contributed by atoms with Crippen LogP contribution in [0, 0.1) is 0 Å². The molecule has 0 radical (unpaired) electrons. The lowest BCUT2D eigenvalue weighted by Gasteiger charge is -2.20. The average Bonchev–Trinajstić information content (AvgIpc) is 2.88. The van der Waals surface area contributed by atoms with Gasteiger partial charge in [0.05, 0.1) is 5.52 Å². The van der Waals surface area contributed by atoms with Gasteiger partial charge in [-0.25, -0.2) is 9.97 Å². The number of aromatic nitrogens is 2. The van der Waals surface area contributed by atoms with E-state index in [2.05, 4.69) is 118 Å². The highest BCUT2D eigenvalue weighted by atomic mass is 14.9. The van der Waals surface area contributed by atoms with E-state index in [1.54, 1.807) is 0 Å². The molecule has 1 heterocycles. The van der Waals surface area contributed by atoms with Gasteiger partial charge < -0.3 is 0 Å². The fourth-order valence-corrected chi connectivity index (χ4v) is 4.80. The van der Waals surface area contributed by atoms with Crippen molar-refractivity contribution in [1.82, 2.24) is 9.97 Å². The summed E-state index contributed by atoms with van der Waals surface area (Å²) in [4.78, 5) is 9.92. The van der Waals surface area contributed by atoms with Crippen molar-refractivity contribution in [3.8, 4) is 22.5 Å². The van der Waals surface area contributed by atoms with Crippen LogP contribution in [-0.2, 0) is 5.41 Å². The molecule has 5 aromatic carbocycles. The zero-order valence-corrected chi connectivity index (χ0v) is 19.7. The molecule has 0 aliphatic heterocycles. The van der Waals surface area contributed by atoms with Gasteiger partial charge in [-0.2, -0.15) is 0 Å². The molecule has 0 aliphatic carbocycles. The molecule has 0 saturated carbocycles. The number of nitrogens with zero attached hydrogens (tertiary/aromatic N) is 2. The summed E-state index contributed by atoms with van der Waals surface area (Å²) in [5.74, 6) is 0.752. The van der Waals surface area contributed by atoms with Crippen LogP contribution in [-0.4, -0.2) is 9.97 Å². The first kappa shape index (κ1) is 20.6. The molecular weight excluding hydrogens is 412 g/mol. The maximum absolute atomic E-state index is 5.10. The molecule has 2 heteroatoms. The van der Waals surface area contributed by atoms with E-state index in [0.29, 0.717) is 0 Å². The Bertz CT molecular complexity index is 1650. The second-order valence-corrected chi connectivity index (χ2v) is 9.96. The predicted octanol–water partition coefficient (Wildman–Crippen LogP) is 8.57. The molecule has 0 amide bonds. The SMILES string of the molecule is CC(C)(C)c1cccc(-c2cccc(-c3ncc4c5ccccc5c5ccccc5c4n3)c2)c1. The molecule has 2 nitrogen and oxygen atoms in total. The van der Waals surface area contributed by atoms with E-state index in [0.717, 1.165) is 27.7 Å². The van der Waals surface area contributed by atoms with Crippen LogP contribution in [0.4, 0.5) is 0 Å². The number of fused-ring (bicyclic) bond motifs is 6. The Morgan fingerprint density at radius 1 is 0.529 bits per heavy atom. The van der Waals surface area contributed by atoms with Gasteiger partial charge in [0.15, 0.2) is 5.82 Å². The number of benzene rings is 5. The first-order valence-electron chi connectivity index (χ1n) is 11.8. The summed E-state index contributed by atoms with van der Waals surface area (Å²) >= 11 is 0. The molecule has 164 valence electrons. The molecule has 0 saturated heterocycles. The highest BCUT2D eigenvalue weighted by molar-refractivity contribution is 6.24. The van der Waals surface area contributed by atoms with Gasteiger partial charge in [-0.3, -0.25) is 0 Å². The molecule has 0 N–H and O–H groups in total. The Kier molecular flexibility index (Phi) is 4.70. The van der Waals surface area contributed by atoms with Crippen LogP contribution < -0.4 is 0 Å². The first-order valence-corrected chi connectivity index (χ1v) is 11.8. The largest absolute Gasteiger partial charge is 0.236 e. The molecule has 0 aliphatic rings. The number of hydrogen-bond donors (Lipinski definition) is 0. The molecule has 0 spiro atoms. The van der Waals surface area contributed by atoms with Gasteiger partial charge in [0.25, 0.3) is 0 Å². The quantitative estimate of drug-likeness (QED) is 0.253. The van der Waals surface area contributed by atoms with Crippen LogP contribution in [0.3, 0.4) is 0 Å². The molecule has 0 bridgehead atoms. The van der Waals surface area contributed by atoms with Crippen LogP contribution in [0.5, 0.6) is 0 Å². The van der Waals surface area contributed by atoms with E-state index in [-0.39, 0.29) is 5.41 Å². The molecule has 0 atom stereocenters. The summed E-state index contributed by atoms with van der Waals surface area (Å²) in [6.45, 7) is 6.75. The lowest BCUT2D eigenvalue weighted by molar-refractivity contribution is 0.590. The molecule has 0 unspecified atom stereocenters. The Balaban J connectivity index is 1.53. The third-order valence-corrected chi connectivity index (χ3v) is 6.66. The van der Waals surface area contributed by atoms with E-state index in [9.17, 15) is 0 Å². The van der Waals surface area contributed by atoms with E-state index < -0.39 is 0 Å². The van der Waals surface area contributed by atoms with Gasteiger partial charge in [-0.15, -0.1) is 0 Å². The van der Waals surface area contributed by atoms with Gasteiger partial charge in [-0.1, -0.05) is 112 Å². The summed E-state index contributed by atoms with van der Waals surface area (Å²) in [5.41, 5.74) is 5.86. The number of hydrogen-bond acceptors (Lipinski definition) is 2. The van der Waals surface area contributed by atoms with Crippen LogP contribution >= 0.6 is 0 Å². The molecular formula is C32H26N2. The van der Waals surface area contributed by atoms with Crippen molar-refractivity contribution < 1.29 is 0 Å². The van der Waals surface area contributed by atoms with Crippen molar-refractivity contribution in [3.63, 3.8) is 0 Å². The van der Waals surface area contributed by atoms with Crippen molar-refractivity contribution in [2.24, 2.45) is 0 Å². The van der Waals surface area contributed by atoms with Crippen molar-refractivity contribution in [3.05, 3.63) is 109 Å². The van der Waals surface area contributed by atoms with Crippen molar-refractivity contribution >= 4 is 32.4 Å². The monoisotopic (exact) mass is 438 g/mol. The summed E-state index contributed by atoms with van der Waals surface area (Å²) in [6.07, 6.45) is 1.99. The highest BCUT2D eigenvalue weighted by Gasteiger charge is 2.15. The Morgan fingerprint density at radius 3 is 1.79 bits per heavy atom. The van der Waals surface area contributed by atoms with Crippen LogP contribution in [0.2, 0.25) is 0 Å². The Hall–Kier alpha value is -4.04. The smallest absolute Gasteiger partial charge is 0.159 e. The second kappa shape index (κ2) is 7.78. The van der Waals surface area contributed by atoms with Crippen LogP contribution in [0.1, 0.15) is 26.3 Å². The van der Waals surface area contributed by atoms with Gasteiger partial charge in [0.2, 0.25) is 0 Å². The van der Waals surface area contributed by atoms with Gasteiger partial charge in [-0.05, 0) is 44.3 Å². The minimum absolute atomic E-state index is 0.110. The van der Waals surface area contributed by atoms with Crippen LogP contribution in [0.25, 0.3) is 55.0 Å². The van der Waals surface area contributed by atoms with Gasteiger partial charge >= 0.3 is 0 Å². The maximum Gasteiger partial charge on any atom is 0.159 e. The fraction of sp³-hybridized carbons (Fsp3) is 0.125. The lowest BCUT2D eigenvalue weighted by Crippen LogP contribution is -2.10. The summed E-state index contributed by atoms with van der Waals surface area (Å²) in [7, 11) is 0. The second-order valence-electron chi connectivity index (χ2n) is 9.96. The maximum atomic E-state index is 5.10. The third-order valence-electron chi connectivity index (χ3n) is 6.66. The van der Waals surface area contributed by atoms with Crippen molar-refractivity contribution in [1.29, 1.82) is 0 Å². The van der Waals surface area contributed by atoms with E-state index in [1.807, 2.05) is 6.20 Å². The molecule has 1 aromatic heterocycles. The lowest BCUT2D eigenvalue weighted by atomic mass is 9.85. The topological polar surface area (TPSA) is 25.8 Å². The third kappa shape index (κ3) is 3.43. The normalized spacial score (nSPS) is 12.0.